The third-order valence-corrected chi connectivity index (χ3v) is 6.55. The summed E-state index contributed by atoms with van der Waals surface area (Å²) in [4.78, 5) is 12.3. The Morgan fingerprint density at radius 2 is 1.71 bits per heavy atom. The molecular weight excluding hydrogens is 376 g/mol. The number of hydrogen-bond donors (Lipinski definition) is 1. The van der Waals surface area contributed by atoms with Gasteiger partial charge in [-0.25, -0.2) is 8.42 Å². The van der Waals surface area contributed by atoms with E-state index in [1.54, 1.807) is 37.5 Å². The largest absolute Gasteiger partial charge is 0.497 e. The lowest BCUT2D eigenvalue weighted by Gasteiger charge is -2.15. The molecule has 3 rings (SSSR count). The fourth-order valence-corrected chi connectivity index (χ4v) is 4.51. The Labute approximate surface area is 165 Å². The zero-order valence-corrected chi connectivity index (χ0v) is 16.6. The molecule has 0 bridgehead atoms. The molecule has 148 valence electrons. The van der Waals surface area contributed by atoms with Crippen LogP contribution in [-0.4, -0.2) is 38.8 Å². The molecule has 2 aromatic carbocycles. The van der Waals surface area contributed by atoms with Crippen LogP contribution in [0.5, 0.6) is 5.75 Å². The zero-order chi connectivity index (χ0) is 20.0. The van der Waals surface area contributed by atoms with E-state index >= 15 is 0 Å². The molecule has 0 atom stereocenters. The minimum Gasteiger partial charge on any atom is -0.497 e. The van der Waals surface area contributed by atoms with Crippen molar-refractivity contribution in [1.82, 2.24) is 9.62 Å². The van der Waals surface area contributed by atoms with Crippen molar-refractivity contribution in [3.05, 3.63) is 65.7 Å². The molecule has 1 fully saturated rings. The van der Waals surface area contributed by atoms with Gasteiger partial charge in [0.2, 0.25) is 15.9 Å². The van der Waals surface area contributed by atoms with Gasteiger partial charge in [0.25, 0.3) is 0 Å². The summed E-state index contributed by atoms with van der Waals surface area (Å²) in [6, 6.07) is 14.0. The van der Waals surface area contributed by atoms with Crippen molar-refractivity contribution in [2.45, 2.75) is 24.3 Å². The number of carbonyl (C=O) groups is 1. The van der Waals surface area contributed by atoms with Crippen LogP contribution in [0.3, 0.4) is 0 Å². The number of carbonyl (C=O) groups excluding carboxylic acids is 1. The molecule has 0 radical (unpaired) electrons. The molecule has 1 aliphatic heterocycles. The second-order valence-electron chi connectivity index (χ2n) is 6.58. The number of amides is 1. The third-order valence-electron chi connectivity index (χ3n) is 4.64. The summed E-state index contributed by atoms with van der Waals surface area (Å²) in [6.07, 6.45) is 5.01. The highest BCUT2D eigenvalue weighted by Gasteiger charge is 2.26. The van der Waals surface area contributed by atoms with Gasteiger partial charge >= 0.3 is 0 Å². The summed E-state index contributed by atoms with van der Waals surface area (Å²) < 4.78 is 31.6. The van der Waals surface area contributed by atoms with Crippen LogP contribution in [0.1, 0.15) is 24.0 Å². The van der Waals surface area contributed by atoms with Crippen molar-refractivity contribution in [2.24, 2.45) is 0 Å². The van der Waals surface area contributed by atoms with Crippen LogP contribution in [0.2, 0.25) is 0 Å². The molecule has 2 aromatic rings. The van der Waals surface area contributed by atoms with Gasteiger partial charge in [-0.1, -0.05) is 24.3 Å². The number of methoxy groups -OCH3 is 1. The highest BCUT2D eigenvalue weighted by atomic mass is 32.2. The number of sulfonamides is 1. The van der Waals surface area contributed by atoms with Crippen LogP contribution < -0.4 is 10.1 Å². The minimum absolute atomic E-state index is 0.218. The average molecular weight is 401 g/mol. The molecule has 1 heterocycles. The summed E-state index contributed by atoms with van der Waals surface area (Å²) in [6.45, 7) is 1.50. The lowest BCUT2D eigenvalue weighted by Crippen LogP contribution is -2.27. The molecule has 1 saturated heterocycles. The number of nitrogens with one attached hydrogen (secondary N) is 1. The van der Waals surface area contributed by atoms with Gasteiger partial charge in [0.05, 0.1) is 12.0 Å². The number of nitrogens with zero attached hydrogens (tertiary/aromatic N) is 1. The van der Waals surface area contributed by atoms with E-state index in [1.165, 1.54) is 10.4 Å². The van der Waals surface area contributed by atoms with Crippen molar-refractivity contribution in [2.75, 3.05) is 20.2 Å². The summed E-state index contributed by atoms with van der Waals surface area (Å²) in [7, 11) is -1.80. The van der Waals surface area contributed by atoms with Crippen molar-refractivity contribution < 1.29 is 17.9 Å². The molecule has 1 N–H and O–H groups in total. The van der Waals surface area contributed by atoms with E-state index < -0.39 is 10.0 Å². The van der Waals surface area contributed by atoms with Crippen LogP contribution in [0.25, 0.3) is 6.08 Å². The predicted octanol–water partition coefficient (Wildman–Crippen LogP) is 2.81. The van der Waals surface area contributed by atoms with E-state index in [4.69, 9.17) is 4.74 Å². The molecule has 0 saturated carbocycles. The molecule has 6 nitrogen and oxygen atoms in total. The highest BCUT2D eigenvalue weighted by Crippen LogP contribution is 2.21. The molecule has 7 heteroatoms. The molecule has 1 amide bonds. The van der Waals surface area contributed by atoms with Crippen molar-refractivity contribution in [1.29, 1.82) is 0 Å². The van der Waals surface area contributed by atoms with Gasteiger partial charge in [0.15, 0.2) is 0 Å². The minimum atomic E-state index is -3.41. The summed E-state index contributed by atoms with van der Waals surface area (Å²) in [5, 5.41) is 2.79. The molecule has 28 heavy (non-hydrogen) atoms. The number of ether oxygens (including phenoxy) is 1. The van der Waals surface area contributed by atoms with E-state index in [0.717, 1.165) is 29.7 Å². The lowest BCUT2D eigenvalue weighted by molar-refractivity contribution is -0.116. The number of hydrogen-bond acceptors (Lipinski definition) is 4. The van der Waals surface area contributed by atoms with E-state index in [-0.39, 0.29) is 5.91 Å². The summed E-state index contributed by atoms with van der Waals surface area (Å²) in [5.74, 6) is 0.543. The highest BCUT2D eigenvalue weighted by molar-refractivity contribution is 7.89. The number of rotatable bonds is 7. The van der Waals surface area contributed by atoms with Crippen LogP contribution in [-0.2, 0) is 21.4 Å². The molecule has 0 aromatic heterocycles. The Bertz CT molecular complexity index is 929. The first kappa shape index (κ1) is 20.1. The first-order valence-electron chi connectivity index (χ1n) is 9.18. The van der Waals surface area contributed by atoms with E-state index in [2.05, 4.69) is 5.32 Å². The van der Waals surface area contributed by atoms with Gasteiger partial charge in [-0.15, -0.1) is 0 Å². The first-order valence-corrected chi connectivity index (χ1v) is 10.6. The van der Waals surface area contributed by atoms with Gasteiger partial charge in [0, 0.05) is 25.7 Å². The molecule has 0 aliphatic carbocycles. The van der Waals surface area contributed by atoms with Crippen LogP contribution in [0.4, 0.5) is 0 Å². The van der Waals surface area contributed by atoms with Gasteiger partial charge in [0.1, 0.15) is 5.75 Å². The Balaban J connectivity index is 1.54. The van der Waals surface area contributed by atoms with Crippen LogP contribution in [0.15, 0.2) is 59.5 Å². The van der Waals surface area contributed by atoms with Gasteiger partial charge < -0.3 is 10.1 Å². The Morgan fingerprint density at radius 3 is 2.32 bits per heavy atom. The monoisotopic (exact) mass is 400 g/mol. The third kappa shape index (κ3) is 4.99. The second kappa shape index (κ2) is 9.03. The Hall–Kier alpha value is -2.64. The van der Waals surface area contributed by atoms with E-state index in [1.807, 2.05) is 24.3 Å². The van der Waals surface area contributed by atoms with Crippen molar-refractivity contribution >= 4 is 22.0 Å². The molecule has 0 unspecified atom stereocenters. The molecule has 1 aliphatic rings. The fraction of sp³-hybridized carbons (Fsp3) is 0.286. The Morgan fingerprint density at radius 1 is 1.07 bits per heavy atom. The van der Waals surface area contributed by atoms with Gasteiger partial charge in [-0.05, 0) is 54.3 Å². The van der Waals surface area contributed by atoms with E-state index in [9.17, 15) is 13.2 Å². The maximum absolute atomic E-state index is 12.5. The second-order valence-corrected chi connectivity index (χ2v) is 8.52. The van der Waals surface area contributed by atoms with Gasteiger partial charge in [-0.3, -0.25) is 4.79 Å². The molecule has 0 spiro atoms. The smallest absolute Gasteiger partial charge is 0.244 e. The normalized spacial score (nSPS) is 15.0. The van der Waals surface area contributed by atoms with Crippen molar-refractivity contribution in [3.63, 3.8) is 0 Å². The standard InChI is InChI=1S/C21H24N2O4S/c1-27-19-9-4-17(5-10-19)8-13-21(24)22-16-18-6-11-20(12-7-18)28(25,26)23-14-2-3-15-23/h4-13H,2-3,14-16H2,1H3,(H,22,24)/b13-8+. The maximum Gasteiger partial charge on any atom is 0.244 e. The lowest BCUT2D eigenvalue weighted by atomic mass is 10.2. The molecular formula is C21H24N2O4S. The quantitative estimate of drug-likeness (QED) is 0.725. The first-order chi connectivity index (χ1) is 13.5. The number of benzene rings is 2. The average Bonchev–Trinajstić information content (AvgIpc) is 3.27. The van der Waals surface area contributed by atoms with Crippen molar-refractivity contribution in [3.8, 4) is 5.75 Å². The van der Waals surface area contributed by atoms with E-state index in [0.29, 0.717) is 24.5 Å². The van der Waals surface area contributed by atoms with Crippen LogP contribution >= 0.6 is 0 Å². The topological polar surface area (TPSA) is 75.7 Å². The van der Waals surface area contributed by atoms with Gasteiger partial charge in [-0.2, -0.15) is 4.31 Å². The SMILES string of the molecule is COc1ccc(/C=C/C(=O)NCc2ccc(S(=O)(=O)N3CCCC3)cc2)cc1. The predicted molar refractivity (Wildman–Crippen MR) is 108 cm³/mol. The summed E-state index contributed by atoms with van der Waals surface area (Å²) >= 11 is 0. The summed E-state index contributed by atoms with van der Waals surface area (Å²) in [5.41, 5.74) is 1.74. The fourth-order valence-electron chi connectivity index (χ4n) is 2.99. The maximum atomic E-state index is 12.5. The Kier molecular flexibility index (Phi) is 6.49. The zero-order valence-electron chi connectivity index (χ0n) is 15.8. The van der Waals surface area contributed by atoms with Crippen LogP contribution in [0, 0.1) is 0 Å².